The number of hydrogen-bond acceptors (Lipinski definition) is 5. The lowest BCUT2D eigenvalue weighted by Crippen LogP contribution is -2.25. The summed E-state index contributed by atoms with van der Waals surface area (Å²) < 4.78 is 9.44. The lowest BCUT2D eigenvalue weighted by molar-refractivity contribution is 0.141. The highest BCUT2D eigenvalue weighted by Crippen LogP contribution is 2.35. The fourth-order valence-electron chi connectivity index (χ4n) is 4.87. The standard InChI is InChI=1S/C24H29N5O2/c1-3-31-15-9-14-28-16(2)25-22-20(24(28)30)21-23(29(22)17-10-5-4-6-11-17)27-19-13-8-7-12-18(19)26-21/h7-8,12-13,17H,3-6,9-11,14-15H2,1-2H3. The first kappa shape index (κ1) is 20.1. The second kappa shape index (κ2) is 8.38. The Labute approximate surface area is 181 Å². The van der Waals surface area contributed by atoms with Gasteiger partial charge in [0.2, 0.25) is 0 Å². The number of fused-ring (bicyclic) bond motifs is 4. The lowest BCUT2D eigenvalue weighted by atomic mass is 9.95. The Morgan fingerprint density at radius 2 is 1.77 bits per heavy atom. The van der Waals surface area contributed by atoms with Crippen molar-refractivity contribution >= 4 is 33.2 Å². The fourth-order valence-corrected chi connectivity index (χ4v) is 4.87. The van der Waals surface area contributed by atoms with Gasteiger partial charge in [0.05, 0.1) is 11.0 Å². The summed E-state index contributed by atoms with van der Waals surface area (Å²) in [6, 6.07) is 8.18. The molecule has 3 aromatic heterocycles. The second-order valence-electron chi connectivity index (χ2n) is 8.41. The van der Waals surface area contributed by atoms with Crippen molar-refractivity contribution in [3.63, 3.8) is 0 Å². The highest BCUT2D eigenvalue weighted by molar-refractivity contribution is 6.04. The summed E-state index contributed by atoms with van der Waals surface area (Å²) in [7, 11) is 0. The van der Waals surface area contributed by atoms with Crippen LogP contribution in [-0.2, 0) is 11.3 Å². The summed E-state index contributed by atoms with van der Waals surface area (Å²) in [4.78, 5) is 28.5. The maximum Gasteiger partial charge on any atom is 0.265 e. The molecule has 0 saturated heterocycles. The molecular formula is C24H29N5O2. The number of rotatable bonds is 6. The Morgan fingerprint density at radius 1 is 1.03 bits per heavy atom. The molecule has 1 saturated carbocycles. The topological polar surface area (TPSA) is 74.8 Å². The number of aromatic nitrogens is 5. The van der Waals surface area contributed by atoms with Crippen molar-refractivity contribution < 1.29 is 4.74 Å². The second-order valence-corrected chi connectivity index (χ2v) is 8.41. The van der Waals surface area contributed by atoms with Gasteiger partial charge in [-0.25, -0.2) is 15.0 Å². The predicted molar refractivity (Wildman–Crippen MR) is 123 cm³/mol. The van der Waals surface area contributed by atoms with Crippen molar-refractivity contribution in [3.05, 3.63) is 40.4 Å². The molecule has 162 valence electrons. The van der Waals surface area contributed by atoms with Crippen LogP contribution >= 0.6 is 0 Å². The maximum atomic E-state index is 13.7. The molecule has 1 aliphatic carbocycles. The van der Waals surface area contributed by atoms with Gasteiger partial charge in [0.25, 0.3) is 5.56 Å². The van der Waals surface area contributed by atoms with E-state index in [-0.39, 0.29) is 5.56 Å². The van der Waals surface area contributed by atoms with E-state index < -0.39 is 0 Å². The molecule has 7 nitrogen and oxygen atoms in total. The van der Waals surface area contributed by atoms with E-state index in [9.17, 15) is 4.79 Å². The molecule has 0 aliphatic heterocycles. The van der Waals surface area contributed by atoms with Crippen molar-refractivity contribution in [1.82, 2.24) is 24.1 Å². The van der Waals surface area contributed by atoms with Crippen molar-refractivity contribution in [2.24, 2.45) is 0 Å². The molecule has 1 aliphatic rings. The minimum absolute atomic E-state index is 0.0249. The number of nitrogens with zero attached hydrogens (tertiary/aromatic N) is 5. The molecule has 0 spiro atoms. The summed E-state index contributed by atoms with van der Waals surface area (Å²) in [5.41, 5.74) is 3.83. The molecule has 0 amide bonds. The smallest absolute Gasteiger partial charge is 0.265 e. The summed E-state index contributed by atoms with van der Waals surface area (Å²) in [6.07, 6.45) is 6.61. The Hall–Kier alpha value is -2.80. The first-order valence-corrected chi connectivity index (χ1v) is 11.4. The Balaban J connectivity index is 1.77. The SMILES string of the molecule is CCOCCCn1c(C)nc2c(c1=O)c1nc3ccccc3nc1n2C1CCCCC1. The molecule has 31 heavy (non-hydrogen) atoms. The van der Waals surface area contributed by atoms with Gasteiger partial charge in [0.1, 0.15) is 16.7 Å². The zero-order valence-corrected chi connectivity index (χ0v) is 18.3. The van der Waals surface area contributed by atoms with Crippen molar-refractivity contribution in [3.8, 4) is 0 Å². The summed E-state index contributed by atoms with van der Waals surface area (Å²) in [5, 5.41) is 0.598. The van der Waals surface area contributed by atoms with Gasteiger partial charge < -0.3 is 9.30 Å². The third-order valence-electron chi connectivity index (χ3n) is 6.40. The maximum absolute atomic E-state index is 13.7. The lowest BCUT2D eigenvalue weighted by Gasteiger charge is -2.24. The minimum atomic E-state index is -0.0249. The molecule has 4 aromatic rings. The monoisotopic (exact) mass is 419 g/mol. The van der Waals surface area contributed by atoms with Gasteiger partial charge in [-0.3, -0.25) is 9.36 Å². The van der Waals surface area contributed by atoms with E-state index in [0.717, 1.165) is 47.4 Å². The Kier molecular flexibility index (Phi) is 5.44. The molecule has 0 bridgehead atoms. The van der Waals surface area contributed by atoms with E-state index in [2.05, 4.69) is 4.57 Å². The third-order valence-corrected chi connectivity index (χ3v) is 6.40. The zero-order valence-electron chi connectivity index (χ0n) is 18.3. The van der Waals surface area contributed by atoms with Crippen LogP contribution < -0.4 is 5.56 Å². The quantitative estimate of drug-likeness (QED) is 0.429. The van der Waals surface area contributed by atoms with E-state index >= 15 is 0 Å². The molecule has 1 fully saturated rings. The van der Waals surface area contributed by atoms with Gasteiger partial charge in [-0.2, -0.15) is 0 Å². The van der Waals surface area contributed by atoms with E-state index in [4.69, 9.17) is 19.7 Å². The van der Waals surface area contributed by atoms with E-state index in [0.29, 0.717) is 36.7 Å². The summed E-state index contributed by atoms with van der Waals surface area (Å²) >= 11 is 0. The van der Waals surface area contributed by atoms with Gasteiger partial charge in [0, 0.05) is 25.8 Å². The number of hydrogen-bond donors (Lipinski definition) is 0. The van der Waals surface area contributed by atoms with Crippen LogP contribution in [0.5, 0.6) is 0 Å². The number of ether oxygens (including phenoxy) is 1. The van der Waals surface area contributed by atoms with Crippen LogP contribution in [0.2, 0.25) is 0 Å². The summed E-state index contributed by atoms with van der Waals surface area (Å²) in [5.74, 6) is 0.735. The molecule has 7 heteroatoms. The van der Waals surface area contributed by atoms with Gasteiger partial charge in [-0.05, 0) is 45.2 Å². The first-order chi connectivity index (χ1) is 15.2. The Bertz CT molecular complexity index is 1300. The van der Waals surface area contributed by atoms with Gasteiger partial charge in [-0.1, -0.05) is 31.4 Å². The van der Waals surface area contributed by atoms with Gasteiger partial charge >= 0.3 is 0 Å². The van der Waals surface area contributed by atoms with Crippen LogP contribution in [0.25, 0.3) is 33.2 Å². The van der Waals surface area contributed by atoms with E-state index in [1.165, 1.54) is 19.3 Å². The van der Waals surface area contributed by atoms with Crippen LogP contribution in [0.4, 0.5) is 0 Å². The van der Waals surface area contributed by atoms with Crippen LogP contribution in [-0.4, -0.2) is 37.3 Å². The first-order valence-electron chi connectivity index (χ1n) is 11.4. The Morgan fingerprint density at radius 3 is 2.52 bits per heavy atom. The highest BCUT2D eigenvalue weighted by atomic mass is 16.5. The molecule has 1 aromatic carbocycles. The van der Waals surface area contributed by atoms with Gasteiger partial charge in [-0.15, -0.1) is 0 Å². The number of benzene rings is 1. The predicted octanol–water partition coefficient (Wildman–Crippen LogP) is 4.53. The van der Waals surface area contributed by atoms with Crippen molar-refractivity contribution in [2.75, 3.05) is 13.2 Å². The normalized spacial score (nSPS) is 15.4. The molecule has 0 atom stereocenters. The third kappa shape index (κ3) is 3.51. The van der Waals surface area contributed by atoms with Crippen LogP contribution in [0, 0.1) is 6.92 Å². The van der Waals surface area contributed by atoms with Crippen molar-refractivity contribution in [1.29, 1.82) is 0 Å². The molecular weight excluding hydrogens is 390 g/mol. The fraction of sp³-hybridized carbons (Fsp3) is 0.500. The molecule has 0 N–H and O–H groups in total. The van der Waals surface area contributed by atoms with Crippen LogP contribution in [0.3, 0.4) is 0 Å². The van der Waals surface area contributed by atoms with Crippen molar-refractivity contribution in [2.45, 2.75) is 65.0 Å². The molecule has 3 heterocycles. The highest BCUT2D eigenvalue weighted by Gasteiger charge is 2.26. The van der Waals surface area contributed by atoms with Crippen LogP contribution in [0.15, 0.2) is 29.1 Å². The van der Waals surface area contributed by atoms with Gasteiger partial charge in [0.15, 0.2) is 11.3 Å². The molecule has 0 radical (unpaired) electrons. The summed E-state index contributed by atoms with van der Waals surface area (Å²) in [6.45, 7) is 5.80. The molecule has 5 rings (SSSR count). The average Bonchev–Trinajstić information content (AvgIpc) is 3.10. The number of para-hydroxylation sites is 2. The van der Waals surface area contributed by atoms with E-state index in [1.54, 1.807) is 4.57 Å². The largest absolute Gasteiger partial charge is 0.382 e. The molecule has 0 unspecified atom stereocenters. The average molecular weight is 420 g/mol. The zero-order chi connectivity index (χ0) is 21.4. The van der Waals surface area contributed by atoms with E-state index in [1.807, 2.05) is 38.1 Å². The number of aryl methyl sites for hydroxylation is 1. The minimum Gasteiger partial charge on any atom is -0.382 e. The van der Waals surface area contributed by atoms with Crippen LogP contribution in [0.1, 0.15) is 57.3 Å².